The molecule has 7 heteroatoms. The van der Waals surface area contributed by atoms with E-state index in [1.807, 2.05) is 24.4 Å². The van der Waals surface area contributed by atoms with E-state index in [1.165, 1.54) is 22.7 Å². The van der Waals surface area contributed by atoms with Crippen LogP contribution in [0.25, 0.3) is 10.6 Å². The van der Waals surface area contributed by atoms with E-state index in [0.29, 0.717) is 10.9 Å². The van der Waals surface area contributed by atoms with Gasteiger partial charge in [0.25, 0.3) is 5.91 Å². The zero-order chi connectivity index (χ0) is 13.2. The molecule has 1 N–H and O–H groups in total. The van der Waals surface area contributed by atoms with E-state index in [9.17, 15) is 4.79 Å². The summed E-state index contributed by atoms with van der Waals surface area (Å²) in [5.74, 6) is 0.274. The second-order valence-corrected chi connectivity index (χ2v) is 5.97. The Balaban J connectivity index is 1.77. The minimum absolute atomic E-state index is 0.247. The number of hydrogen-bond donors (Lipinski definition) is 1. The predicted molar refractivity (Wildman–Crippen MR) is 74.6 cm³/mol. The number of aromatic nitrogens is 2. The van der Waals surface area contributed by atoms with Gasteiger partial charge < -0.3 is 4.52 Å². The molecule has 0 spiro atoms. The molecular weight excluding hydrogens is 282 g/mol. The number of thiophene rings is 1. The van der Waals surface area contributed by atoms with E-state index in [0.717, 1.165) is 9.75 Å². The summed E-state index contributed by atoms with van der Waals surface area (Å²) in [4.78, 5) is 18.0. The van der Waals surface area contributed by atoms with Crippen LogP contribution in [0, 0.1) is 6.92 Å². The second kappa shape index (κ2) is 4.94. The van der Waals surface area contributed by atoms with Gasteiger partial charge >= 0.3 is 0 Å². The molecule has 3 rings (SSSR count). The Bertz CT molecular complexity index is 700. The van der Waals surface area contributed by atoms with Crippen molar-refractivity contribution in [3.05, 3.63) is 40.3 Å². The largest absolute Gasteiger partial charge is 0.355 e. The second-order valence-electron chi connectivity index (χ2n) is 3.78. The normalized spacial score (nSPS) is 10.6. The Morgan fingerprint density at radius 3 is 3.05 bits per heavy atom. The summed E-state index contributed by atoms with van der Waals surface area (Å²) in [7, 11) is 0. The zero-order valence-electron chi connectivity index (χ0n) is 9.91. The molecule has 3 aromatic heterocycles. The Kier molecular flexibility index (Phi) is 3.14. The highest BCUT2D eigenvalue weighted by atomic mass is 32.1. The molecule has 0 unspecified atom stereocenters. The van der Waals surface area contributed by atoms with E-state index in [1.54, 1.807) is 12.3 Å². The van der Waals surface area contributed by atoms with Crippen molar-refractivity contribution in [2.24, 2.45) is 0 Å². The van der Waals surface area contributed by atoms with Gasteiger partial charge in [-0.05, 0) is 18.4 Å². The monoisotopic (exact) mass is 291 g/mol. The first-order valence-electron chi connectivity index (χ1n) is 5.47. The molecule has 0 aliphatic carbocycles. The van der Waals surface area contributed by atoms with Gasteiger partial charge in [0.2, 0.25) is 0 Å². The zero-order valence-corrected chi connectivity index (χ0v) is 11.5. The SMILES string of the molecule is Cc1cnc(NC(=O)c2cc(-c3cccs3)on2)s1. The molecule has 3 aromatic rings. The molecule has 0 aliphatic heterocycles. The highest BCUT2D eigenvalue weighted by Crippen LogP contribution is 2.25. The number of thiazole rings is 1. The molecular formula is C12H9N3O2S2. The van der Waals surface area contributed by atoms with Gasteiger partial charge in [-0.2, -0.15) is 0 Å². The summed E-state index contributed by atoms with van der Waals surface area (Å²) in [5.41, 5.74) is 0.247. The van der Waals surface area contributed by atoms with Gasteiger partial charge in [0.1, 0.15) is 0 Å². The van der Waals surface area contributed by atoms with Crippen molar-refractivity contribution in [2.75, 3.05) is 5.32 Å². The summed E-state index contributed by atoms with van der Waals surface area (Å²) >= 11 is 2.95. The quantitative estimate of drug-likeness (QED) is 0.803. The molecule has 0 aliphatic rings. The minimum atomic E-state index is -0.319. The average Bonchev–Trinajstić information content (AvgIpc) is 3.08. The fourth-order valence-corrected chi connectivity index (χ4v) is 2.82. The minimum Gasteiger partial charge on any atom is -0.355 e. The predicted octanol–water partition coefficient (Wildman–Crippen LogP) is 3.42. The van der Waals surface area contributed by atoms with Crippen molar-refractivity contribution in [3.8, 4) is 10.6 Å². The first kappa shape index (κ1) is 12.1. The van der Waals surface area contributed by atoms with Gasteiger partial charge in [-0.1, -0.05) is 11.2 Å². The van der Waals surface area contributed by atoms with E-state index < -0.39 is 0 Å². The standard InChI is InChI=1S/C12H9N3O2S2/c1-7-6-13-12(19-7)14-11(16)8-5-9(17-15-8)10-3-2-4-18-10/h2-6H,1H3,(H,13,14,16). The lowest BCUT2D eigenvalue weighted by Crippen LogP contribution is -2.11. The number of rotatable bonds is 3. The number of nitrogens with one attached hydrogen (secondary N) is 1. The fraction of sp³-hybridized carbons (Fsp3) is 0.0833. The summed E-state index contributed by atoms with van der Waals surface area (Å²) in [6, 6.07) is 5.46. The van der Waals surface area contributed by atoms with Crippen LogP contribution in [0.1, 0.15) is 15.4 Å². The van der Waals surface area contributed by atoms with E-state index >= 15 is 0 Å². The molecule has 5 nitrogen and oxygen atoms in total. The van der Waals surface area contributed by atoms with Gasteiger partial charge in [-0.3, -0.25) is 10.1 Å². The molecule has 19 heavy (non-hydrogen) atoms. The number of hydrogen-bond acceptors (Lipinski definition) is 6. The van der Waals surface area contributed by atoms with Crippen LogP contribution in [-0.4, -0.2) is 16.0 Å². The summed E-state index contributed by atoms with van der Waals surface area (Å²) in [6.45, 7) is 1.93. The third-order valence-corrected chi connectivity index (χ3v) is 4.06. The molecule has 1 amide bonds. The molecule has 0 aromatic carbocycles. The molecule has 96 valence electrons. The fourth-order valence-electron chi connectivity index (χ4n) is 1.49. The first-order valence-corrected chi connectivity index (χ1v) is 7.16. The highest BCUT2D eigenvalue weighted by molar-refractivity contribution is 7.15. The third-order valence-electron chi connectivity index (χ3n) is 2.35. The van der Waals surface area contributed by atoms with Crippen molar-refractivity contribution >= 4 is 33.7 Å². The molecule has 0 saturated carbocycles. The third kappa shape index (κ3) is 2.56. The lowest BCUT2D eigenvalue weighted by atomic mass is 10.3. The number of aryl methyl sites for hydroxylation is 1. The Labute approximate surface area is 116 Å². The lowest BCUT2D eigenvalue weighted by Gasteiger charge is -1.95. The van der Waals surface area contributed by atoms with Gasteiger partial charge in [-0.25, -0.2) is 4.98 Å². The van der Waals surface area contributed by atoms with Crippen LogP contribution in [0.3, 0.4) is 0 Å². The number of carbonyl (C=O) groups excluding carboxylic acids is 1. The maximum absolute atomic E-state index is 11.9. The average molecular weight is 291 g/mol. The number of anilines is 1. The van der Waals surface area contributed by atoms with E-state index in [2.05, 4.69) is 15.5 Å². The number of nitrogens with zero attached hydrogens (tertiary/aromatic N) is 2. The van der Waals surface area contributed by atoms with Crippen LogP contribution < -0.4 is 5.32 Å². The van der Waals surface area contributed by atoms with Crippen molar-refractivity contribution in [1.29, 1.82) is 0 Å². The smallest absolute Gasteiger partial charge is 0.279 e. The molecule has 0 atom stereocenters. The summed E-state index contributed by atoms with van der Waals surface area (Å²) in [5, 5.41) is 8.96. The van der Waals surface area contributed by atoms with Crippen LogP contribution in [0.15, 0.2) is 34.3 Å². The van der Waals surface area contributed by atoms with Crippen molar-refractivity contribution in [2.45, 2.75) is 6.92 Å². The maximum Gasteiger partial charge on any atom is 0.279 e. The van der Waals surface area contributed by atoms with E-state index in [-0.39, 0.29) is 11.6 Å². The van der Waals surface area contributed by atoms with Crippen molar-refractivity contribution in [3.63, 3.8) is 0 Å². The molecule has 0 fully saturated rings. The van der Waals surface area contributed by atoms with Crippen molar-refractivity contribution < 1.29 is 9.32 Å². The topological polar surface area (TPSA) is 68.0 Å². The first-order chi connectivity index (χ1) is 9.22. The molecule has 0 saturated heterocycles. The summed E-state index contributed by atoms with van der Waals surface area (Å²) < 4.78 is 5.16. The van der Waals surface area contributed by atoms with Crippen LogP contribution in [-0.2, 0) is 0 Å². The van der Waals surface area contributed by atoms with Gasteiger partial charge in [0.05, 0.1) is 4.88 Å². The Morgan fingerprint density at radius 1 is 1.47 bits per heavy atom. The van der Waals surface area contributed by atoms with Gasteiger partial charge in [0, 0.05) is 17.1 Å². The van der Waals surface area contributed by atoms with Crippen LogP contribution >= 0.6 is 22.7 Å². The summed E-state index contributed by atoms with van der Waals surface area (Å²) in [6.07, 6.45) is 1.71. The van der Waals surface area contributed by atoms with Crippen LogP contribution in [0.5, 0.6) is 0 Å². The Hall–Kier alpha value is -1.99. The van der Waals surface area contributed by atoms with E-state index in [4.69, 9.17) is 4.52 Å². The Morgan fingerprint density at radius 2 is 2.37 bits per heavy atom. The molecule has 0 bridgehead atoms. The number of amides is 1. The van der Waals surface area contributed by atoms with Crippen LogP contribution in [0.4, 0.5) is 5.13 Å². The maximum atomic E-state index is 11.9. The van der Waals surface area contributed by atoms with Gasteiger partial charge in [-0.15, -0.1) is 22.7 Å². The van der Waals surface area contributed by atoms with Crippen LogP contribution in [0.2, 0.25) is 0 Å². The lowest BCUT2D eigenvalue weighted by molar-refractivity contribution is 0.101. The highest BCUT2D eigenvalue weighted by Gasteiger charge is 2.15. The van der Waals surface area contributed by atoms with Crippen molar-refractivity contribution in [1.82, 2.24) is 10.1 Å². The van der Waals surface area contributed by atoms with Gasteiger partial charge in [0.15, 0.2) is 16.6 Å². The molecule has 0 radical (unpaired) electrons. The number of carbonyl (C=O) groups is 1. The molecule has 3 heterocycles.